The number of methoxy groups -OCH3 is 1. The van der Waals surface area contributed by atoms with Crippen molar-refractivity contribution in [2.75, 3.05) is 7.11 Å². The van der Waals surface area contributed by atoms with Crippen molar-refractivity contribution in [3.63, 3.8) is 0 Å². The van der Waals surface area contributed by atoms with E-state index in [2.05, 4.69) is 0 Å². The van der Waals surface area contributed by atoms with E-state index in [0.29, 0.717) is 0 Å². The minimum atomic E-state index is -0.235. The van der Waals surface area contributed by atoms with Gasteiger partial charge in [0.1, 0.15) is 11.5 Å². The minimum absolute atomic E-state index is 0.235. The number of esters is 1. The van der Waals surface area contributed by atoms with E-state index in [4.69, 9.17) is 9.47 Å². The zero-order valence-electron chi connectivity index (χ0n) is 12.9. The number of rotatable bonds is 4. The van der Waals surface area contributed by atoms with Crippen molar-refractivity contribution in [3.8, 4) is 11.5 Å². The number of carbonyl (C=O) groups is 1. The number of ether oxygens (including phenoxy) is 2. The maximum atomic E-state index is 11.4. The fourth-order valence-electron chi connectivity index (χ4n) is 2.27. The number of benzene rings is 2. The third kappa shape index (κ3) is 3.85. The van der Waals surface area contributed by atoms with Gasteiger partial charge in [0, 0.05) is 0 Å². The Morgan fingerprint density at radius 3 is 2.10 bits per heavy atom. The van der Waals surface area contributed by atoms with Crippen LogP contribution in [0.25, 0.3) is 0 Å². The topological polar surface area (TPSA) is 35.5 Å². The molecule has 110 valence electrons. The molecule has 0 N–H and O–H groups in total. The van der Waals surface area contributed by atoms with Gasteiger partial charge in [-0.3, -0.25) is 4.79 Å². The van der Waals surface area contributed by atoms with Crippen LogP contribution in [-0.4, -0.2) is 13.1 Å². The van der Waals surface area contributed by atoms with Crippen LogP contribution in [0.15, 0.2) is 36.4 Å². The summed E-state index contributed by atoms with van der Waals surface area (Å²) in [5.41, 5.74) is 4.15. The summed E-state index contributed by atoms with van der Waals surface area (Å²) < 4.78 is 10.7. The fourth-order valence-corrected chi connectivity index (χ4v) is 2.27. The molecule has 0 aliphatic rings. The Balaban J connectivity index is 2.24. The minimum Gasteiger partial charge on any atom is -0.469 e. The highest BCUT2D eigenvalue weighted by atomic mass is 16.5. The van der Waals surface area contributed by atoms with Gasteiger partial charge in [0.05, 0.1) is 13.5 Å². The van der Waals surface area contributed by atoms with Crippen LogP contribution < -0.4 is 4.74 Å². The summed E-state index contributed by atoms with van der Waals surface area (Å²) in [7, 11) is 1.40. The Kier molecular flexibility index (Phi) is 4.63. The molecule has 0 aliphatic carbocycles. The van der Waals surface area contributed by atoms with Gasteiger partial charge in [-0.15, -0.1) is 0 Å². The normalized spacial score (nSPS) is 10.3. The van der Waals surface area contributed by atoms with E-state index in [1.807, 2.05) is 57.2 Å². The van der Waals surface area contributed by atoms with Gasteiger partial charge in [0.15, 0.2) is 0 Å². The number of carbonyl (C=O) groups excluding carboxylic acids is 1. The van der Waals surface area contributed by atoms with Gasteiger partial charge in [-0.05, 0) is 49.6 Å². The maximum Gasteiger partial charge on any atom is 0.309 e. The molecule has 21 heavy (non-hydrogen) atoms. The molecular weight excluding hydrogens is 264 g/mol. The van der Waals surface area contributed by atoms with E-state index in [9.17, 15) is 4.79 Å². The lowest BCUT2D eigenvalue weighted by molar-refractivity contribution is -0.139. The fraction of sp³-hybridized carbons (Fsp3) is 0.278. The molecule has 2 aromatic rings. The number of hydrogen-bond donors (Lipinski definition) is 0. The van der Waals surface area contributed by atoms with Gasteiger partial charge in [-0.1, -0.05) is 29.8 Å². The summed E-state index contributed by atoms with van der Waals surface area (Å²) >= 11 is 0. The highest BCUT2D eigenvalue weighted by molar-refractivity contribution is 5.72. The molecule has 0 atom stereocenters. The van der Waals surface area contributed by atoms with Crippen LogP contribution in [0.5, 0.6) is 11.5 Å². The monoisotopic (exact) mass is 284 g/mol. The largest absolute Gasteiger partial charge is 0.469 e. The predicted octanol–water partition coefficient (Wildman–Crippen LogP) is 4.12. The van der Waals surface area contributed by atoms with Crippen LogP contribution in [0.4, 0.5) is 0 Å². The summed E-state index contributed by atoms with van der Waals surface area (Å²) in [6.45, 7) is 6.01. The third-order valence-electron chi connectivity index (χ3n) is 3.34. The second-order valence-corrected chi connectivity index (χ2v) is 5.23. The van der Waals surface area contributed by atoms with Gasteiger partial charge < -0.3 is 9.47 Å². The molecule has 0 aromatic heterocycles. The second-order valence-electron chi connectivity index (χ2n) is 5.23. The van der Waals surface area contributed by atoms with Crippen LogP contribution in [0.1, 0.15) is 22.3 Å². The summed E-state index contributed by atoms with van der Waals surface area (Å²) in [6.07, 6.45) is 0.281. The molecule has 0 amide bonds. The standard InChI is InChI=1S/C18H20O3/c1-12-5-7-16(8-6-12)21-18-13(2)9-15(10-14(18)3)11-17(19)20-4/h5-10H,11H2,1-4H3. The highest BCUT2D eigenvalue weighted by Crippen LogP contribution is 2.30. The van der Waals surface area contributed by atoms with Gasteiger partial charge >= 0.3 is 5.97 Å². The molecular formula is C18H20O3. The van der Waals surface area contributed by atoms with Crippen LogP contribution in [-0.2, 0) is 16.0 Å². The Labute approximate surface area is 125 Å². The van der Waals surface area contributed by atoms with Crippen LogP contribution in [0, 0.1) is 20.8 Å². The lowest BCUT2D eigenvalue weighted by atomic mass is 10.0. The highest BCUT2D eigenvalue weighted by Gasteiger charge is 2.10. The van der Waals surface area contributed by atoms with Crippen molar-refractivity contribution >= 4 is 5.97 Å². The van der Waals surface area contributed by atoms with Crippen molar-refractivity contribution in [3.05, 3.63) is 58.7 Å². The van der Waals surface area contributed by atoms with E-state index in [1.165, 1.54) is 12.7 Å². The average molecular weight is 284 g/mol. The summed E-state index contributed by atoms with van der Waals surface area (Å²) in [6, 6.07) is 11.9. The first kappa shape index (κ1) is 15.1. The molecule has 0 aliphatic heterocycles. The molecule has 0 saturated carbocycles. The molecule has 0 unspecified atom stereocenters. The SMILES string of the molecule is COC(=O)Cc1cc(C)c(Oc2ccc(C)cc2)c(C)c1. The Morgan fingerprint density at radius 1 is 1.00 bits per heavy atom. The van der Waals surface area contributed by atoms with Crippen molar-refractivity contribution in [2.45, 2.75) is 27.2 Å². The maximum absolute atomic E-state index is 11.4. The molecule has 0 spiro atoms. The third-order valence-corrected chi connectivity index (χ3v) is 3.34. The van der Waals surface area contributed by atoms with Gasteiger partial charge in [-0.2, -0.15) is 0 Å². The summed E-state index contributed by atoms with van der Waals surface area (Å²) in [5.74, 6) is 1.42. The van der Waals surface area contributed by atoms with Crippen molar-refractivity contribution in [2.24, 2.45) is 0 Å². The molecule has 3 heteroatoms. The summed E-state index contributed by atoms with van der Waals surface area (Å²) in [5, 5.41) is 0. The predicted molar refractivity (Wildman–Crippen MR) is 82.9 cm³/mol. The molecule has 0 heterocycles. The van der Waals surface area contributed by atoms with E-state index in [0.717, 1.165) is 28.2 Å². The quantitative estimate of drug-likeness (QED) is 0.792. The molecule has 0 bridgehead atoms. The first-order valence-electron chi connectivity index (χ1n) is 6.91. The first-order chi connectivity index (χ1) is 9.99. The number of hydrogen-bond acceptors (Lipinski definition) is 3. The van der Waals surface area contributed by atoms with Crippen LogP contribution in [0.3, 0.4) is 0 Å². The molecule has 0 saturated heterocycles. The zero-order valence-corrected chi connectivity index (χ0v) is 12.9. The van der Waals surface area contributed by atoms with E-state index < -0.39 is 0 Å². The van der Waals surface area contributed by atoms with Crippen molar-refractivity contribution in [1.29, 1.82) is 0 Å². The number of aryl methyl sites for hydroxylation is 3. The zero-order chi connectivity index (χ0) is 15.4. The van der Waals surface area contributed by atoms with Crippen LogP contribution in [0.2, 0.25) is 0 Å². The smallest absolute Gasteiger partial charge is 0.309 e. The Bertz CT molecular complexity index is 619. The van der Waals surface area contributed by atoms with Crippen molar-refractivity contribution in [1.82, 2.24) is 0 Å². The van der Waals surface area contributed by atoms with Gasteiger partial charge in [0.25, 0.3) is 0 Å². The lowest BCUT2D eigenvalue weighted by Gasteiger charge is -2.14. The second kappa shape index (κ2) is 6.44. The van der Waals surface area contributed by atoms with Gasteiger partial charge in [-0.25, -0.2) is 0 Å². The van der Waals surface area contributed by atoms with E-state index in [1.54, 1.807) is 0 Å². The first-order valence-corrected chi connectivity index (χ1v) is 6.91. The van der Waals surface area contributed by atoms with Crippen LogP contribution >= 0.6 is 0 Å². The molecule has 2 aromatic carbocycles. The van der Waals surface area contributed by atoms with E-state index >= 15 is 0 Å². The average Bonchev–Trinajstić information content (AvgIpc) is 2.44. The molecule has 0 radical (unpaired) electrons. The van der Waals surface area contributed by atoms with E-state index in [-0.39, 0.29) is 12.4 Å². The van der Waals surface area contributed by atoms with Gasteiger partial charge in [0.2, 0.25) is 0 Å². The lowest BCUT2D eigenvalue weighted by Crippen LogP contribution is -2.05. The Morgan fingerprint density at radius 2 is 1.57 bits per heavy atom. The Hall–Kier alpha value is -2.29. The summed E-state index contributed by atoms with van der Waals surface area (Å²) in [4.78, 5) is 11.4. The molecule has 0 fully saturated rings. The molecule has 3 nitrogen and oxygen atoms in total. The molecule has 2 rings (SSSR count). The van der Waals surface area contributed by atoms with Crippen molar-refractivity contribution < 1.29 is 14.3 Å².